The molecule has 3 heteroatoms. The van der Waals surface area contributed by atoms with Gasteiger partial charge in [-0.1, -0.05) is 64.8 Å². The fourth-order valence-electron chi connectivity index (χ4n) is 2.63. The molecule has 23 heavy (non-hydrogen) atoms. The molecule has 2 aromatic rings. The van der Waals surface area contributed by atoms with Crippen LogP contribution in [0, 0.1) is 20.8 Å². The lowest BCUT2D eigenvalue weighted by molar-refractivity contribution is -0.207. The fourth-order valence-corrected chi connectivity index (χ4v) is 4.09. The summed E-state index contributed by atoms with van der Waals surface area (Å²) in [5.74, 6) is 0. The summed E-state index contributed by atoms with van der Waals surface area (Å²) in [7, 11) is 0.688. The van der Waals surface area contributed by atoms with E-state index in [-0.39, 0.29) is 10.9 Å². The Hall–Kier alpha value is -1.14. The Labute approximate surface area is 146 Å². The lowest BCUT2D eigenvalue weighted by Gasteiger charge is -2.23. The van der Waals surface area contributed by atoms with Crippen LogP contribution in [0.15, 0.2) is 30.3 Å². The van der Waals surface area contributed by atoms with E-state index in [9.17, 15) is 5.11 Å². The molecule has 0 radical (unpaired) electrons. The Morgan fingerprint density at radius 2 is 1.57 bits per heavy atom. The van der Waals surface area contributed by atoms with E-state index in [0.29, 0.717) is 18.8 Å². The molecule has 2 rings (SSSR count). The van der Waals surface area contributed by atoms with E-state index in [1.165, 1.54) is 5.56 Å². The maximum atomic E-state index is 12.7. The van der Waals surface area contributed by atoms with Crippen molar-refractivity contribution in [3.63, 3.8) is 0 Å². The van der Waals surface area contributed by atoms with Crippen LogP contribution in [-0.2, 0) is 5.41 Å². The molecule has 0 atom stereocenters. The predicted molar refractivity (Wildman–Crippen MR) is 101 cm³/mol. The highest BCUT2D eigenvalue weighted by Crippen LogP contribution is 2.26. The van der Waals surface area contributed by atoms with Gasteiger partial charge in [-0.15, -0.1) is 5.48 Å². The van der Waals surface area contributed by atoms with E-state index in [1.54, 1.807) is 6.07 Å². The van der Waals surface area contributed by atoms with Crippen LogP contribution in [-0.4, -0.2) is 5.48 Å². The third kappa shape index (κ3) is 4.04. The van der Waals surface area contributed by atoms with Gasteiger partial charge in [0.25, 0.3) is 0 Å². The minimum absolute atomic E-state index is 0.0582. The van der Waals surface area contributed by atoms with Crippen molar-refractivity contribution in [3.05, 3.63) is 63.2 Å². The Morgan fingerprint density at radius 1 is 1.00 bits per heavy atom. The number of rotatable bonds is 2. The molecular formula is C20H23ClOP-. The standard InChI is InChI=1S/C20H24ClOP/c1-12-8-7-9-16(21)17(12)19(22)23-18-13(2)10-15(11-14(18)3)20(4,5)6/h7-11,22H,1-6H3/p-1. The largest absolute Gasteiger partial charge is 0.823 e. The summed E-state index contributed by atoms with van der Waals surface area (Å²) in [6.07, 6.45) is 0. The summed E-state index contributed by atoms with van der Waals surface area (Å²) in [5.41, 5.74) is 5.35. The van der Waals surface area contributed by atoms with Crippen LogP contribution in [0.5, 0.6) is 0 Å². The molecule has 0 aliphatic rings. The predicted octanol–water partition coefficient (Wildman–Crippen LogP) is 4.67. The first-order chi connectivity index (χ1) is 10.6. The van der Waals surface area contributed by atoms with Gasteiger partial charge in [0.05, 0.1) is 0 Å². The summed E-state index contributed by atoms with van der Waals surface area (Å²) in [4.78, 5) is 0. The number of aryl methyl sites for hydroxylation is 3. The zero-order chi connectivity index (χ0) is 17.4. The second kappa shape index (κ2) is 6.77. The lowest BCUT2D eigenvalue weighted by atomic mass is 9.85. The van der Waals surface area contributed by atoms with Gasteiger partial charge in [0, 0.05) is 10.3 Å². The van der Waals surface area contributed by atoms with Gasteiger partial charge in [0.15, 0.2) is 0 Å². The topological polar surface area (TPSA) is 23.1 Å². The van der Waals surface area contributed by atoms with Crippen molar-refractivity contribution in [3.8, 4) is 0 Å². The summed E-state index contributed by atoms with van der Waals surface area (Å²) in [5, 5.41) is 14.4. The zero-order valence-corrected chi connectivity index (χ0v) is 16.3. The van der Waals surface area contributed by atoms with Crippen LogP contribution in [0.25, 0.3) is 0 Å². The van der Waals surface area contributed by atoms with Crippen molar-refractivity contribution in [2.45, 2.75) is 47.0 Å². The number of hydrogen-bond donors (Lipinski definition) is 0. The first kappa shape index (κ1) is 18.2. The van der Waals surface area contributed by atoms with Gasteiger partial charge < -0.3 is 5.11 Å². The second-order valence-electron chi connectivity index (χ2n) is 7.06. The third-order valence-electron chi connectivity index (χ3n) is 4.01. The van der Waals surface area contributed by atoms with Crippen molar-refractivity contribution < 1.29 is 5.11 Å². The second-order valence-corrected chi connectivity index (χ2v) is 8.54. The summed E-state index contributed by atoms with van der Waals surface area (Å²) < 4.78 is 0. The van der Waals surface area contributed by atoms with Crippen molar-refractivity contribution >= 4 is 30.6 Å². The average molecular weight is 346 g/mol. The molecule has 0 aromatic heterocycles. The first-order valence-electron chi connectivity index (χ1n) is 7.74. The van der Waals surface area contributed by atoms with Crippen molar-refractivity contribution in [1.82, 2.24) is 0 Å². The molecule has 2 aromatic carbocycles. The molecule has 0 aliphatic carbocycles. The summed E-state index contributed by atoms with van der Waals surface area (Å²) >= 11 is 6.23. The van der Waals surface area contributed by atoms with Gasteiger partial charge in [0.1, 0.15) is 0 Å². The van der Waals surface area contributed by atoms with Crippen LogP contribution in [0.2, 0.25) is 5.02 Å². The Balaban J connectivity index is 2.55. The van der Waals surface area contributed by atoms with Gasteiger partial charge in [-0.25, -0.2) is 0 Å². The van der Waals surface area contributed by atoms with Crippen LogP contribution in [0.1, 0.15) is 48.6 Å². The van der Waals surface area contributed by atoms with Crippen LogP contribution in [0.3, 0.4) is 0 Å². The Morgan fingerprint density at radius 3 is 2.04 bits per heavy atom. The van der Waals surface area contributed by atoms with E-state index in [0.717, 1.165) is 22.0 Å². The molecule has 0 unspecified atom stereocenters. The monoisotopic (exact) mass is 345 g/mol. The van der Waals surface area contributed by atoms with Gasteiger partial charge >= 0.3 is 0 Å². The summed E-state index contributed by atoms with van der Waals surface area (Å²) in [6, 6.07) is 9.97. The van der Waals surface area contributed by atoms with Crippen LogP contribution >= 0.6 is 19.8 Å². The SMILES string of the molecule is Cc1cc(C(C)(C)C)cc(C)c1P=C([O-])c1c(C)cccc1Cl. The molecule has 0 bridgehead atoms. The molecule has 1 nitrogen and oxygen atoms in total. The highest BCUT2D eigenvalue weighted by Gasteiger charge is 2.16. The van der Waals surface area contributed by atoms with E-state index < -0.39 is 0 Å². The molecule has 0 heterocycles. The first-order valence-corrected chi connectivity index (χ1v) is 9.01. The fraction of sp³-hybridized carbons (Fsp3) is 0.350. The lowest BCUT2D eigenvalue weighted by Crippen LogP contribution is -2.21. The normalized spacial score (nSPS) is 12.6. The van der Waals surface area contributed by atoms with Crippen LogP contribution in [0.4, 0.5) is 0 Å². The highest BCUT2D eigenvalue weighted by atomic mass is 35.5. The zero-order valence-electron chi connectivity index (χ0n) is 14.6. The highest BCUT2D eigenvalue weighted by molar-refractivity contribution is 7.49. The third-order valence-corrected chi connectivity index (χ3v) is 5.68. The van der Waals surface area contributed by atoms with E-state index >= 15 is 0 Å². The van der Waals surface area contributed by atoms with Crippen molar-refractivity contribution in [1.29, 1.82) is 0 Å². The quantitative estimate of drug-likeness (QED) is 0.725. The molecule has 0 saturated carbocycles. The van der Waals surface area contributed by atoms with Crippen molar-refractivity contribution in [2.75, 3.05) is 0 Å². The molecule has 0 aliphatic heterocycles. The Kier molecular flexibility index (Phi) is 5.36. The molecule has 122 valence electrons. The van der Waals surface area contributed by atoms with Gasteiger partial charge in [-0.2, -0.15) is 0 Å². The molecular weight excluding hydrogens is 323 g/mol. The van der Waals surface area contributed by atoms with Crippen molar-refractivity contribution in [2.24, 2.45) is 0 Å². The van der Waals surface area contributed by atoms with Gasteiger partial charge in [-0.3, -0.25) is 0 Å². The minimum atomic E-state index is 0.0582. The maximum Gasteiger partial charge on any atom is 0.0474 e. The van der Waals surface area contributed by atoms with Gasteiger partial charge in [0.2, 0.25) is 0 Å². The number of halogens is 1. The molecule has 0 fully saturated rings. The Bertz CT molecular complexity index is 726. The smallest absolute Gasteiger partial charge is 0.0474 e. The number of hydrogen-bond acceptors (Lipinski definition) is 1. The molecule has 0 N–H and O–H groups in total. The van der Waals surface area contributed by atoms with E-state index in [2.05, 4.69) is 46.8 Å². The van der Waals surface area contributed by atoms with E-state index in [4.69, 9.17) is 11.6 Å². The number of benzene rings is 2. The van der Waals surface area contributed by atoms with E-state index in [1.807, 2.05) is 19.1 Å². The maximum absolute atomic E-state index is 12.7. The molecule has 0 spiro atoms. The van der Waals surface area contributed by atoms with Crippen LogP contribution < -0.4 is 10.4 Å². The minimum Gasteiger partial charge on any atom is -0.823 e. The summed E-state index contributed by atoms with van der Waals surface area (Å²) in [6.45, 7) is 12.7. The van der Waals surface area contributed by atoms with Gasteiger partial charge in [-0.05, 0) is 60.1 Å². The molecule has 0 saturated heterocycles. The molecule has 0 amide bonds. The average Bonchev–Trinajstić information content (AvgIpc) is 2.41.